The van der Waals surface area contributed by atoms with Gasteiger partial charge < -0.3 is 5.32 Å². The van der Waals surface area contributed by atoms with E-state index in [2.05, 4.69) is 45.2 Å². The average Bonchev–Trinajstić information content (AvgIpc) is 3.21. The second kappa shape index (κ2) is 10.3. The Balaban J connectivity index is 1.66. The summed E-state index contributed by atoms with van der Waals surface area (Å²) in [5.74, 6) is -1.47. The number of fused-ring (bicyclic) bond motifs is 1. The van der Waals surface area contributed by atoms with Crippen LogP contribution in [0.1, 0.15) is 54.2 Å². The van der Waals surface area contributed by atoms with Crippen LogP contribution in [0.3, 0.4) is 0 Å². The lowest BCUT2D eigenvalue weighted by atomic mass is 10.1. The Morgan fingerprint density at radius 3 is 2.39 bits per heavy atom. The molecule has 2 heterocycles. The topological polar surface area (TPSA) is 75.4 Å². The number of nitrogens with one attached hydrogen (secondary N) is 1. The minimum Gasteiger partial charge on any atom is -0.352 e. The van der Waals surface area contributed by atoms with E-state index in [0.717, 1.165) is 29.7 Å². The Morgan fingerprint density at radius 1 is 1.09 bits per heavy atom. The van der Waals surface area contributed by atoms with E-state index in [1.165, 1.54) is 5.56 Å². The molecule has 0 unspecified atom stereocenters. The van der Waals surface area contributed by atoms with Gasteiger partial charge in [0.05, 0.1) is 0 Å². The molecule has 1 amide bonds. The largest absolute Gasteiger partial charge is 0.453 e. The lowest BCUT2D eigenvalue weighted by Crippen LogP contribution is -2.26. The Bertz CT molecular complexity index is 1120. The van der Waals surface area contributed by atoms with Crippen molar-refractivity contribution in [1.29, 1.82) is 0 Å². The fourth-order valence-electron chi connectivity index (χ4n) is 3.78. The molecule has 0 spiro atoms. The van der Waals surface area contributed by atoms with Gasteiger partial charge in [0.25, 0.3) is 11.6 Å². The SMILES string of the molecule is CCN(CC)Cc1ccccc1CNC(=O)CCc1c(C)nc2nc(C(F)(F)F)nn2c1C. The zero-order chi connectivity index (χ0) is 24.2. The molecule has 0 aliphatic heterocycles. The number of aromatic nitrogens is 4. The van der Waals surface area contributed by atoms with Crippen LogP contribution in [0.2, 0.25) is 0 Å². The van der Waals surface area contributed by atoms with Crippen LogP contribution in [0, 0.1) is 13.8 Å². The maximum absolute atomic E-state index is 13.0. The number of rotatable bonds is 9. The van der Waals surface area contributed by atoms with Crippen molar-refractivity contribution in [1.82, 2.24) is 29.8 Å². The van der Waals surface area contributed by atoms with Crippen molar-refractivity contribution >= 4 is 11.7 Å². The summed E-state index contributed by atoms with van der Waals surface area (Å²) in [4.78, 5) is 22.5. The minimum absolute atomic E-state index is 0.102. The minimum atomic E-state index is -4.64. The van der Waals surface area contributed by atoms with Gasteiger partial charge in [-0.2, -0.15) is 18.2 Å². The molecule has 0 saturated carbocycles. The van der Waals surface area contributed by atoms with Crippen LogP contribution in [0.5, 0.6) is 0 Å². The molecule has 1 N–H and O–H groups in total. The standard InChI is InChI=1S/C23H29F3N6O/c1-5-31(6-2)14-18-10-8-7-9-17(18)13-27-20(33)12-11-19-15(3)28-22-29-21(23(24,25)26)30-32(22)16(19)4/h7-10H,5-6,11-14H2,1-4H3,(H,27,33). The third-order valence-electron chi connectivity index (χ3n) is 5.79. The first-order valence-electron chi connectivity index (χ1n) is 11.0. The fourth-order valence-corrected chi connectivity index (χ4v) is 3.78. The molecule has 0 aliphatic rings. The van der Waals surface area contributed by atoms with E-state index >= 15 is 0 Å². The Morgan fingerprint density at radius 2 is 1.76 bits per heavy atom. The van der Waals surface area contributed by atoms with E-state index in [1.54, 1.807) is 13.8 Å². The lowest BCUT2D eigenvalue weighted by molar-refractivity contribution is -0.144. The summed E-state index contributed by atoms with van der Waals surface area (Å²) < 4.78 is 40.0. The monoisotopic (exact) mass is 462 g/mol. The third kappa shape index (κ3) is 5.87. The summed E-state index contributed by atoms with van der Waals surface area (Å²) >= 11 is 0. The smallest absolute Gasteiger partial charge is 0.352 e. The first kappa shape index (κ1) is 24.6. The van der Waals surface area contributed by atoms with Crippen LogP contribution >= 0.6 is 0 Å². The lowest BCUT2D eigenvalue weighted by Gasteiger charge is -2.20. The third-order valence-corrected chi connectivity index (χ3v) is 5.79. The number of carbonyl (C=O) groups is 1. The van der Waals surface area contributed by atoms with E-state index in [0.29, 0.717) is 29.9 Å². The summed E-state index contributed by atoms with van der Waals surface area (Å²) in [7, 11) is 0. The Hall–Kier alpha value is -3.01. The molecular formula is C23H29F3N6O. The summed E-state index contributed by atoms with van der Waals surface area (Å²) in [5.41, 5.74) is 3.97. The molecular weight excluding hydrogens is 433 g/mol. The van der Waals surface area contributed by atoms with Crippen LogP contribution in [0.25, 0.3) is 5.78 Å². The van der Waals surface area contributed by atoms with E-state index in [1.807, 2.05) is 18.2 Å². The zero-order valence-electron chi connectivity index (χ0n) is 19.3. The number of alkyl halides is 3. The molecule has 0 atom stereocenters. The first-order valence-corrected chi connectivity index (χ1v) is 11.0. The summed E-state index contributed by atoms with van der Waals surface area (Å²) in [5, 5.41) is 6.51. The summed E-state index contributed by atoms with van der Waals surface area (Å²) in [6.07, 6.45) is -4.11. The first-order chi connectivity index (χ1) is 15.6. The van der Waals surface area contributed by atoms with Crippen LogP contribution in [-0.2, 0) is 30.5 Å². The molecule has 0 radical (unpaired) electrons. The number of halogens is 3. The van der Waals surface area contributed by atoms with Gasteiger partial charge >= 0.3 is 6.18 Å². The zero-order valence-corrected chi connectivity index (χ0v) is 19.3. The van der Waals surface area contributed by atoms with Crippen LogP contribution < -0.4 is 5.32 Å². The van der Waals surface area contributed by atoms with Crippen molar-refractivity contribution in [2.75, 3.05) is 13.1 Å². The molecule has 1 aromatic carbocycles. The van der Waals surface area contributed by atoms with E-state index in [-0.39, 0.29) is 18.1 Å². The van der Waals surface area contributed by atoms with Gasteiger partial charge in [0, 0.05) is 30.9 Å². The van der Waals surface area contributed by atoms with E-state index in [4.69, 9.17) is 0 Å². The highest BCUT2D eigenvalue weighted by Gasteiger charge is 2.37. The number of carbonyl (C=O) groups excluding carboxylic acids is 1. The fraction of sp³-hybridized carbons (Fsp3) is 0.478. The van der Waals surface area contributed by atoms with Gasteiger partial charge in [-0.15, -0.1) is 5.10 Å². The second-order valence-electron chi connectivity index (χ2n) is 7.91. The normalized spacial score (nSPS) is 12.0. The number of hydrogen-bond donors (Lipinski definition) is 1. The van der Waals surface area contributed by atoms with E-state index in [9.17, 15) is 18.0 Å². The highest BCUT2D eigenvalue weighted by atomic mass is 19.4. The molecule has 0 aliphatic carbocycles. The predicted molar refractivity (Wildman–Crippen MR) is 118 cm³/mol. The maximum Gasteiger partial charge on any atom is 0.453 e. The number of benzene rings is 1. The van der Waals surface area contributed by atoms with Crippen LogP contribution in [-0.4, -0.2) is 43.5 Å². The molecule has 3 rings (SSSR count). The summed E-state index contributed by atoms with van der Waals surface area (Å²) in [6, 6.07) is 8.02. The van der Waals surface area contributed by atoms with Gasteiger partial charge in [-0.25, -0.2) is 9.50 Å². The molecule has 0 bridgehead atoms. The Kier molecular flexibility index (Phi) is 7.68. The Labute approximate surface area is 191 Å². The molecule has 178 valence electrons. The van der Waals surface area contributed by atoms with Crippen molar-refractivity contribution in [3.63, 3.8) is 0 Å². The quantitative estimate of drug-likeness (QED) is 0.523. The van der Waals surface area contributed by atoms with Gasteiger partial charge in [0.1, 0.15) is 0 Å². The van der Waals surface area contributed by atoms with Gasteiger partial charge in [0.15, 0.2) is 0 Å². The molecule has 0 fully saturated rings. The van der Waals surface area contributed by atoms with Gasteiger partial charge in [-0.3, -0.25) is 9.69 Å². The molecule has 0 saturated heterocycles. The number of hydrogen-bond acceptors (Lipinski definition) is 5. The molecule has 3 aromatic rings. The van der Waals surface area contributed by atoms with Crippen molar-refractivity contribution in [3.05, 3.63) is 58.2 Å². The van der Waals surface area contributed by atoms with Gasteiger partial charge in [-0.1, -0.05) is 38.1 Å². The molecule has 10 heteroatoms. The molecule has 2 aromatic heterocycles. The predicted octanol–water partition coefficient (Wildman–Crippen LogP) is 3.85. The van der Waals surface area contributed by atoms with Crippen LogP contribution in [0.4, 0.5) is 13.2 Å². The summed E-state index contributed by atoms with van der Waals surface area (Å²) in [6.45, 7) is 10.7. The average molecular weight is 463 g/mol. The molecule has 33 heavy (non-hydrogen) atoms. The van der Waals surface area contributed by atoms with Crippen molar-refractivity contribution in [2.45, 2.75) is 59.8 Å². The number of amides is 1. The van der Waals surface area contributed by atoms with Gasteiger partial charge in [-0.05, 0) is 50.0 Å². The van der Waals surface area contributed by atoms with Crippen molar-refractivity contribution < 1.29 is 18.0 Å². The second-order valence-corrected chi connectivity index (χ2v) is 7.91. The van der Waals surface area contributed by atoms with Gasteiger partial charge in [0.2, 0.25) is 5.91 Å². The van der Waals surface area contributed by atoms with Crippen molar-refractivity contribution in [2.24, 2.45) is 0 Å². The number of nitrogens with zero attached hydrogens (tertiary/aromatic N) is 5. The number of aryl methyl sites for hydroxylation is 2. The van der Waals surface area contributed by atoms with E-state index < -0.39 is 12.0 Å². The highest BCUT2D eigenvalue weighted by Crippen LogP contribution is 2.27. The van der Waals surface area contributed by atoms with Crippen LogP contribution in [0.15, 0.2) is 24.3 Å². The van der Waals surface area contributed by atoms with Crippen molar-refractivity contribution in [3.8, 4) is 0 Å². The molecule has 7 nitrogen and oxygen atoms in total. The highest BCUT2D eigenvalue weighted by molar-refractivity contribution is 5.76. The maximum atomic E-state index is 13.0.